The zero-order chi connectivity index (χ0) is 19.0. The molecule has 3 aromatic rings. The molecule has 0 spiro atoms. The van der Waals surface area contributed by atoms with Gasteiger partial charge >= 0.3 is 0 Å². The number of H-pyrrole nitrogens is 1. The highest BCUT2D eigenvalue weighted by Gasteiger charge is 2.35. The van der Waals surface area contributed by atoms with Gasteiger partial charge in [-0.3, -0.25) is 9.89 Å². The molecule has 4 rings (SSSR count). The van der Waals surface area contributed by atoms with Crippen molar-refractivity contribution in [1.82, 2.24) is 24.6 Å². The van der Waals surface area contributed by atoms with Gasteiger partial charge < -0.3 is 14.6 Å². The van der Waals surface area contributed by atoms with Gasteiger partial charge in [0.1, 0.15) is 11.2 Å². The summed E-state index contributed by atoms with van der Waals surface area (Å²) in [7, 11) is 0. The van der Waals surface area contributed by atoms with Gasteiger partial charge in [0.25, 0.3) is 0 Å². The lowest BCUT2D eigenvalue weighted by Gasteiger charge is -2.38. The van der Waals surface area contributed by atoms with Crippen LogP contribution in [0.3, 0.4) is 0 Å². The van der Waals surface area contributed by atoms with E-state index in [9.17, 15) is 9.90 Å². The number of nitrogens with zero attached hydrogens (tertiary/aromatic N) is 4. The highest BCUT2D eigenvalue weighted by Crippen LogP contribution is 2.33. The number of aromatic amines is 1. The van der Waals surface area contributed by atoms with Crippen LogP contribution in [0.2, 0.25) is 0 Å². The second kappa shape index (κ2) is 7.14. The summed E-state index contributed by atoms with van der Waals surface area (Å²) in [6, 6.07) is 7.69. The van der Waals surface area contributed by atoms with Crippen LogP contribution in [0.4, 0.5) is 0 Å². The van der Waals surface area contributed by atoms with Gasteiger partial charge in [0.2, 0.25) is 5.91 Å². The van der Waals surface area contributed by atoms with E-state index in [0.29, 0.717) is 36.2 Å². The van der Waals surface area contributed by atoms with Crippen molar-refractivity contribution < 1.29 is 9.90 Å². The van der Waals surface area contributed by atoms with Gasteiger partial charge in [0.05, 0.1) is 23.5 Å². The normalized spacial score (nSPS) is 16.6. The first kappa shape index (κ1) is 18.3. The summed E-state index contributed by atoms with van der Waals surface area (Å²) in [5.41, 5.74) is 0.598. The first-order valence-corrected chi connectivity index (χ1v) is 9.81. The zero-order valence-corrected chi connectivity index (χ0v) is 16.8. The number of hydrogen-bond donors (Lipinski definition) is 2. The number of halogens is 1. The minimum absolute atomic E-state index is 0.0337. The molecule has 140 valence electrons. The molecular formula is C18H18BrN5O2S. The lowest BCUT2D eigenvalue weighted by molar-refractivity contribution is -0.136. The molecule has 1 fully saturated rings. The van der Waals surface area contributed by atoms with E-state index in [1.165, 1.54) is 0 Å². The van der Waals surface area contributed by atoms with Crippen LogP contribution in [-0.4, -0.2) is 48.8 Å². The van der Waals surface area contributed by atoms with Crippen LogP contribution < -0.4 is 0 Å². The van der Waals surface area contributed by atoms with Crippen LogP contribution >= 0.6 is 28.1 Å². The van der Waals surface area contributed by atoms with Crippen molar-refractivity contribution in [2.45, 2.75) is 25.0 Å². The maximum atomic E-state index is 12.7. The fourth-order valence-corrected chi connectivity index (χ4v) is 3.93. The Labute approximate surface area is 169 Å². The lowest BCUT2D eigenvalue weighted by atomic mass is 9.84. The quantitative estimate of drug-likeness (QED) is 0.602. The van der Waals surface area contributed by atoms with E-state index in [-0.39, 0.29) is 12.5 Å². The second-order valence-electron chi connectivity index (χ2n) is 6.73. The van der Waals surface area contributed by atoms with E-state index in [0.717, 1.165) is 15.4 Å². The number of fused-ring (bicyclic) bond motifs is 1. The molecule has 1 amide bonds. The maximum Gasteiger partial charge on any atom is 0.242 e. The van der Waals surface area contributed by atoms with E-state index >= 15 is 0 Å². The Kier molecular flexibility index (Phi) is 4.83. The number of carbonyl (C=O) groups is 1. The molecule has 1 aliphatic rings. The van der Waals surface area contributed by atoms with Gasteiger partial charge in [0, 0.05) is 17.6 Å². The number of benzene rings is 1. The summed E-state index contributed by atoms with van der Waals surface area (Å²) in [6.45, 7) is 1.13. The number of amides is 1. The Balaban J connectivity index is 1.44. The van der Waals surface area contributed by atoms with E-state index in [1.807, 2.05) is 24.3 Å². The minimum atomic E-state index is -0.898. The fraction of sp³-hybridized carbons (Fsp3) is 0.333. The first-order valence-electron chi connectivity index (χ1n) is 8.61. The number of nitrogens with one attached hydrogen (secondary N) is 1. The smallest absolute Gasteiger partial charge is 0.242 e. The summed E-state index contributed by atoms with van der Waals surface area (Å²) in [6.07, 6.45) is 4.18. The van der Waals surface area contributed by atoms with Gasteiger partial charge in [-0.2, -0.15) is 5.10 Å². The average molecular weight is 448 g/mol. The van der Waals surface area contributed by atoms with Crippen molar-refractivity contribution in [1.29, 1.82) is 0 Å². The molecule has 0 saturated carbocycles. The lowest BCUT2D eigenvalue weighted by Crippen LogP contribution is -2.46. The second-order valence-corrected chi connectivity index (χ2v) is 8.03. The molecule has 2 aromatic heterocycles. The van der Waals surface area contributed by atoms with Crippen LogP contribution in [0.5, 0.6) is 0 Å². The molecule has 3 heterocycles. The van der Waals surface area contributed by atoms with Crippen molar-refractivity contribution in [3.8, 4) is 0 Å². The van der Waals surface area contributed by atoms with Crippen molar-refractivity contribution in [2.75, 3.05) is 13.1 Å². The molecule has 27 heavy (non-hydrogen) atoms. The number of rotatable bonds is 3. The molecule has 2 N–H and O–H groups in total. The van der Waals surface area contributed by atoms with E-state index < -0.39 is 5.60 Å². The van der Waals surface area contributed by atoms with Crippen LogP contribution in [0.25, 0.3) is 11.0 Å². The topological polar surface area (TPSA) is 87.0 Å². The molecule has 0 radical (unpaired) electrons. The fourth-order valence-electron chi connectivity index (χ4n) is 3.40. The predicted octanol–water partition coefficient (Wildman–Crippen LogP) is 2.76. The Morgan fingerprint density at radius 2 is 2.00 bits per heavy atom. The summed E-state index contributed by atoms with van der Waals surface area (Å²) in [5, 5.41) is 18.4. The Morgan fingerprint density at radius 3 is 2.70 bits per heavy atom. The third kappa shape index (κ3) is 3.54. The van der Waals surface area contributed by atoms with Crippen molar-refractivity contribution in [2.24, 2.45) is 0 Å². The molecule has 7 nitrogen and oxygen atoms in total. The summed E-state index contributed by atoms with van der Waals surface area (Å²) >= 11 is 8.84. The maximum absolute atomic E-state index is 12.7. The summed E-state index contributed by atoms with van der Waals surface area (Å²) < 4.78 is 3.17. The highest BCUT2D eigenvalue weighted by molar-refractivity contribution is 9.10. The van der Waals surface area contributed by atoms with Gasteiger partial charge in [-0.05, 0) is 30.5 Å². The summed E-state index contributed by atoms with van der Waals surface area (Å²) in [5.74, 6) is -0.0337. The molecule has 0 unspecified atom stereocenters. The molecule has 0 aliphatic carbocycles. The Hall–Kier alpha value is -2.10. The number of carbonyl (C=O) groups excluding carboxylic acids is 1. The summed E-state index contributed by atoms with van der Waals surface area (Å²) in [4.78, 5) is 18.7. The van der Waals surface area contributed by atoms with Crippen molar-refractivity contribution in [3.63, 3.8) is 0 Å². The Morgan fingerprint density at radius 1 is 1.30 bits per heavy atom. The third-order valence-corrected chi connectivity index (χ3v) is 6.05. The minimum Gasteiger partial charge on any atom is -0.385 e. The molecule has 1 aliphatic heterocycles. The largest absolute Gasteiger partial charge is 0.385 e. The van der Waals surface area contributed by atoms with Gasteiger partial charge in [0.15, 0.2) is 5.65 Å². The Bertz CT molecular complexity index is 1040. The number of piperidine rings is 1. The van der Waals surface area contributed by atoms with Crippen molar-refractivity contribution in [3.05, 3.63) is 51.5 Å². The first-order chi connectivity index (χ1) is 13.0. The van der Waals surface area contributed by atoms with E-state index in [4.69, 9.17) is 12.2 Å². The molecule has 9 heteroatoms. The zero-order valence-electron chi connectivity index (χ0n) is 14.4. The standard InChI is InChI=1S/C18H18BrN5O2S/c19-13-3-1-12(2-4-13)18(26)5-7-23(8-6-18)15(25)10-24-11-20-16-14(17(24)27)9-21-22-16/h1-4,9,11,26H,5-8,10H2,(H,21,22). The van der Waals surface area contributed by atoms with Crippen LogP contribution in [-0.2, 0) is 16.9 Å². The van der Waals surface area contributed by atoms with Gasteiger partial charge in [-0.15, -0.1) is 0 Å². The van der Waals surface area contributed by atoms with Crippen LogP contribution in [0.1, 0.15) is 18.4 Å². The van der Waals surface area contributed by atoms with Crippen LogP contribution in [0.15, 0.2) is 41.3 Å². The molecule has 1 aromatic carbocycles. The highest BCUT2D eigenvalue weighted by atomic mass is 79.9. The van der Waals surface area contributed by atoms with Crippen LogP contribution in [0, 0.1) is 4.64 Å². The number of aliphatic hydroxyl groups is 1. The molecule has 0 bridgehead atoms. The third-order valence-electron chi connectivity index (χ3n) is 5.07. The molecular weight excluding hydrogens is 430 g/mol. The number of likely N-dealkylation sites (tertiary alicyclic amines) is 1. The van der Waals surface area contributed by atoms with E-state index in [2.05, 4.69) is 31.1 Å². The molecule has 0 atom stereocenters. The van der Waals surface area contributed by atoms with Gasteiger partial charge in [-0.25, -0.2) is 4.98 Å². The molecule has 1 saturated heterocycles. The van der Waals surface area contributed by atoms with Crippen molar-refractivity contribution >= 4 is 45.1 Å². The average Bonchev–Trinajstić information content (AvgIpc) is 3.14. The monoisotopic (exact) mass is 447 g/mol. The van der Waals surface area contributed by atoms with Gasteiger partial charge in [-0.1, -0.05) is 40.3 Å². The number of aromatic nitrogens is 4. The number of hydrogen-bond acceptors (Lipinski definition) is 5. The SMILES string of the molecule is O=C(Cn1cnc2[nH]ncc2c1=S)N1CCC(O)(c2ccc(Br)cc2)CC1. The van der Waals surface area contributed by atoms with E-state index in [1.54, 1.807) is 22.0 Å². The predicted molar refractivity (Wildman–Crippen MR) is 107 cm³/mol.